The molecule has 1 heterocycles. The average molecular weight is 352 g/mol. The monoisotopic (exact) mass is 352 g/mol. The number of amides is 1. The minimum absolute atomic E-state index is 0.170. The molecule has 1 saturated heterocycles. The van der Waals surface area contributed by atoms with E-state index >= 15 is 0 Å². The van der Waals surface area contributed by atoms with E-state index in [0.717, 1.165) is 50.2 Å². The van der Waals surface area contributed by atoms with E-state index in [0.29, 0.717) is 13.2 Å². The lowest BCUT2D eigenvalue weighted by Crippen LogP contribution is -2.39. The van der Waals surface area contributed by atoms with Crippen LogP contribution in [0.5, 0.6) is 5.75 Å². The molecule has 4 heteroatoms. The van der Waals surface area contributed by atoms with Crippen LogP contribution in [0.1, 0.15) is 31.2 Å². The number of para-hydroxylation sites is 2. The number of ether oxygens (including phenoxy) is 1. The largest absolute Gasteiger partial charge is 0.491 e. The normalized spacial score (nSPS) is 14.1. The van der Waals surface area contributed by atoms with Crippen molar-refractivity contribution in [1.29, 1.82) is 0 Å². The second kappa shape index (κ2) is 9.85. The van der Waals surface area contributed by atoms with Crippen LogP contribution in [0.4, 0.5) is 5.69 Å². The number of piperidine rings is 1. The van der Waals surface area contributed by atoms with Gasteiger partial charge in [-0.3, -0.25) is 4.79 Å². The fourth-order valence-corrected chi connectivity index (χ4v) is 3.27. The molecule has 3 rings (SSSR count). The minimum atomic E-state index is 0.170. The molecule has 1 amide bonds. The summed E-state index contributed by atoms with van der Waals surface area (Å²) in [5, 5.41) is 3.25. The van der Waals surface area contributed by atoms with E-state index in [1.165, 1.54) is 12.0 Å². The number of hydrogen-bond donors (Lipinski definition) is 1. The van der Waals surface area contributed by atoms with Crippen LogP contribution in [-0.2, 0) is 11.2 Å². The standard InChI is InChI=1S/C22H28N2O2/c25-22(24-15-7-2-8-16-24)18-23-20-13-5-6-14-21(20)26-17-9-12-19-10-3-1-4-11-19/h1,3-6,10-11,13-14,23H,2,7-9,12,15-18H2. The van der Waals surface area contributed by atoms with Gasteiger partial charge in [0.25, 0.3) is 0 Å². The zero-order valence-electron chi connectivity index (χ0n) is 15.3. The molecule has 1 aliphatic rings. The highest BCUT2D eigenvalue weighted by molar-refractivity contribution is 5.81. The van der Waals surface area contributed by atoms with Crippen LogP contribution in [0.15, 0.2) is 54.6 Å². The number of benzene rings is 2. The molecule has 26 heavy (non-hydrogen) atoms. The first kappa shape index (κ1) is 18.3. The van der Waals surface area contributed by atoms with Gasteiger partial charge >= 0.3 is 0 Å². The molecule has 2 aromatic carbocycles. The third-order valence-corrected chi connectivity index (χ3v) is 4.74. The summed E-state index contributed by atoms with van der Waals surface area (Å²) in [4.78, 5) is 14.3. The topological polar surface area (TPSA) is 41.6 Å². The Labute approximate surface area is 156 Å². The highest BCUT2D eigenvalue weighted by Gasteiger charge is 2.16. The van der Waals surface area contributed by atoms with E-state index < -0.39 is 0 Å². The average Bonchev–Trinajstić information content (AvgIpc) is 2.71. The molecule has 0 atom stereocenters. The van der Waals surface area contributed by atoms with Crippen molar-refractivity contribution in [3.8, 4) is 5.75 Å². The van der Waals surface area contributed by atoms with Crippen molar-refractivity contribution < 1.29 is 9.53 Å². The van der Waals surface area contributed by atoms with Gasteiger partial charge in [0.05, 0.1) is 18.8 Å². The Morgan fingerprint density at radius 3 is 2.50 bits per heavy atom. The summed E-state index contributed by atoms with van der Waals surface area (Å²) < 4.78 is 5.95. The van der Waals surface area contributed by atoms with E-state index in [1.807, 2.05) is 35.2 Å². The fourth-order valence-electron chi connectivity index (χ4n) is 3.27. The van der Waals surface area contributed by atoms with Crippen molar-refractivity contribution in [3.05, 3.63) is 60.2 Å². The van der Waals surface area contributed by atoms with E-state index in [9.17, 15) is 4.79 Å². The molecule has 4 nitrogen and oxygen atoms in total. The maximum Gasteiger partial charge on any atom is 0.241 e. The lowest BCUT2D eigenvalue weighted by atomic mass is 10.1. The van der Waals surface area contributed by atoms with Crippen molar-refractivity contribution in [2.75, 3.05) is 31.6 Å². The summed E-state index contributed by atoms with van der Waals surface area (Å²) >= 11 is 0. The number of rotatable bonds is 8. The zero-order chi connectivity index (χ0) is 18.0. The quantitative estimate of drug-likeness (QED) is 0.727. The Morgan fingerprint density at radius 1 is 0.962 bits per heavy atom. The summed E-state index contributed by atoms with van der Waals surface area (Å²) in [5.41, 5.74) is 2.22. The van der Waals surface area contributed by atoms with Crippen molar-refractivity contribution in [3.63, 3.8) is 0 Å². The van der Waals surface area contributed by atoms with Crippen molar-refractivity contribution in [2.45, 2.75) is 32.1 Å². The van der Waals surface area contributed by atoms with Crippen molar-refractivity contribution in [2.24, 2.45) is 0 Å². The molecule has 0 bridgehead atoms. The molecule has 1 N–H and O–H groups in total. The number of likely N-dealkylation sites (tertiary alicyclic amines) is 1. The lowest BCUT2D eigenvalue weighted by molar-refractivity contribution is -0.130. The molecule has 1 aliphatic heterocycles. The summed E-state index contributed by atoms with van der Waals surface area (Å²) in [5.74, 6) is 0.982. The maximum atomic E-state index is 12.3. The van der Waals surface area contributed by atoms with Gasteiger partial charge in [0, 0.05) is 13.1 Å². The highest BCUT2D eigenvalue weighted by atomic mass is 16.5. The van der Waals surface area contributed by atoms with Crippen molar-refractivity contribution in [1.82, 2.24) is 4.90 Å². The van der Waals surface area contributed by atoms with E-state index in [4.69, 9.17) is 4.74 Å². The smallest absolute Gasteiger partial charge is 0.241 e. The van der Waals surface area contributed by atoms with Crippen LogP contribution in [0, 0.1) is 0 Å². The van der Waals surface area contributed by atoms with Gasteiger partial charge in [-0.15, -0.1) is 0 Å². The predicted molar refractivity (Wildman–Crippen MR) is 106 cm³/mol. The van der Waals surface area contributed by atoms with E-state index in [-0.39, 0.29) is 5.91 Å². The molecule has 2 aromatic rings. The number of nitrogens with one attached hydrogen (secondary N) is 1. The van der Waals surface area contributed by atoms with Gasteiger partial charge in [-0.25, -0.2) is 0 Å². The van der Waals surface area contributed by atoms with Crippen LogP contribution in [0.25, 0.3) is 0 Å². The molecule has 0 saturated carbocycles. The summed E-state index contributed by atoms with van der Waals surface area (Å²) in [6.07, 6.45) is 5.44. The maximum absolute atomic E-state index is 12.3. The van der Waals surface area contributed by atoms with Gasteiger partial charge in [-0.2, -0.15) is 0 Å². The SMILES string of the molecule is O=C(CNc1ccccc1OCCCc1ccccc1)N1CCCCC1. The Kier molecular flexibility index (Phi) is 6.94. The molecule has 0 radical (unpaired) electrons. The summed E-state index contributed by atoms with van der Waals surface area (Å²) in [6, 6.07) is 18.3. The first-order valence-corrected chi connectivity index (χ1v) is 9.60. The first-order chi connectivity index (χ1) is 12.8. The molecular formula is C22H28N2O2. The number of hydrogen-bond acceptors (Lipinski definition) is 3. The molecule has 1 fully saturated rings. The number of aryl methyl sites for hydroxylation is 1. The molecule has 0 spiro atoms. The lowest BCUT2D eigenvalue weighted by Gasteiger charge is -2.27. The third kappa shape index (κ3) is 5.51. The van der Waals surface area contributed by atoms with Gasteiger partial charge in [-0.1, -0.05) is 42.5 Å². The van der Waals surface area contributed by atoms with Crippen molar-refractivity contribution >= 4 is 11.6 Å². The molecule has 138 valence electrons. The Bertz CT molecular complexity index is 682. The zero-order valence-corrected chi connectivity index (χ0v) is 15.3. The molecule has 0 unspecified atom stereocenters. The Morgan fingerprint density at radius 2 is 1.69 bits per heavy atom. The first-order valence-electron chi connectivity index (χ1n) is 9.60. The van der Waals surface area contributed by atoms with Crippen LogP contribution in [0.3, 0.4) is 0 Å². The molecule has 0 aromatic heterocycles. The number of carbonyl (C=O) groups is 1. The van der Waals surface area contributed by atoms with Crippen LogP contribution >= 0.6 is 0 Å². The van der Waals surface area contributed by atoms with Gasteiger partial charge in [-0.05, 0) is 49.8 Å². The summed E-state index contributed by atoms with van der Waals surface area (Å²) in [7, 11) is 0. The molecule has 0 aliphatic carbocycles. The number of carbonyl (C=O) groups excluding carboxylic acids is 1. The Hall–Kier alpha value is -2.49. The second-order valence-corrected chi connectivity index (χ2v) is 6.73. The fraction of sp³-hybridized carbons (Fsp3) is 0.409. The molecular weight excluding hydrogens is 324 g/mol. The van der Waals surface area contributed by atoms with E-state index in [1.54, 1.807) is 0 Å². The predicted octanol–water partition coefficient (Wildman–Crippen LogP) is 4.12. The number of nitrogens with zero attached hydrogens (tertiary/aromatic N) is 1. The Balaban J connectivity index is 1.45. The second-order valence-electron chi connectivity index (χ2n) is 6.73. The van der Waals surface area contributed by atoms with Crippen LogP contribution in [-0.4, -0.2) is 37.0 Å². The van der Waals surface area contributed by atoms with Crippen LogP contribution < -0.4 is 10.1 Å². The highest BCUT2D eigenvalue weighted by Crippen LogP contribution is 2.24. The number of anilines is 1. The van der Waals surface area contributed by atoms with Gasteiger partial charge in [0.1, 0.15) is 5.75 Å². The third-order valence-electron chi connectivity index (χ3n) is 4.74. The van der Waals surface area contributed by atoms with Crippen LogP contribution in [0.2, 0.25) is 0 Å². The minimum Gasteiger partial charge on any atom is -0.491 e. The van der Waals surface area contributed by atoms with E-state index in [2.05, 4.69) is 29.6 Å². The van der Waals surface area contributed by atoms with Gasteiger partial charge in [0.15, 0.2) is 0 Å². The van der Waals surface area contributed by atoms with Gasteiger partial charge < -0.3 is 15.0 Å². The van der Waals surface area contributed by atoms with Gasteiger partial charge in [0.2, 0.25) is 5.91 Å². The summed E-state index contributed by atoms with van der Waals surface area (Å²) in [6.45, 7) is 2.76.